The van der Waals surface area contributed by atoms with E-state index in [2.05, 4.69) is 21.2 Å². The molecule has 0 fully saturated rings. The Kier molecular flexibility index (Phi) is 5.27. The first-order valence-electron chi connectivity index (χ1n) is 5.62. The van der Waals surface area contributed by atoms with E-state index < -0.39 is 4.92 Å². The Hall–Kier alpha value is -1.43. The lowest BCUT2D eigenvalue weighted by molar-refractivity contribution is -0.385. The molecule has 0 spiro atoms. The fourth-order valence-corrected chi connectivity index (χ4v) is 1.70. The van der Waals surface area contributed by atoms with Crippen LogP contribution < -0.4 is 5.32 Å². The van der Waals surface area contributed by atoms with Gasteiger partial charge in [-0.2, -0.15) is 0 Å². The first-order valence-corrected chi connectivity index (χ1v) is 6.53. The van der Waals surface area contributed by atoms with Crippen LogP contribution in [-0.2, 0) is 11.3 Å². The summed E-state index contributed by atoms with van der Waals surface area (Å²) in [6.45, 7) is 3.89. The van der Waals surface area contributed by atoms with Gasteiger partial charge in [-0.15, -0.1) is 0 Å². The summed E-state index contributed by atoms with van der Waals surface area (Å²) < 4.78 is 0. The van der Waals surface area contributed by atoms with E-state index in [1.54, 1.807) is 19.1 Å². The largest absolute Gasteiger partial charge is 0.351 e. The van der Waals surface area contributed by atoms with Crippen molar-refractivity contribution in [2.75, 3.05) is 0 Å². The fraction of sp³-hybridized carbons (Fsp3) is 0.417. The number of benzene rings is 1. The third-order valence-corrected chi connectivity index (χ3v) is 3.77. The number of nitro groups is 1. The molecule has 0 aliphatic rings. The molecule has 5 nitrogen and oxygen atoms in total. The predicted octanol–water partition coefficient (Wildman–Crippen LogP) is 2.69. The van der Waals surface area contributed by atoms with E-state index in [1.165, 1.54) is 6.07 Å². The summed E-state index contributed by atoms with van der Waals surface area (Å²) in [5.74, 6) is -0.108. The van der Waals surface area contributed by atoms with E-state index in [-0.39, 0.29) is 16.4 Å². The van der Waals surface area contributed by atoms with Gasteiger partial charge in [-0.1, -0.05) is 35.0 Å². The van der Waals surface area contributed by atoms with Crippen LogP contribution in [0.3, 0.4) is 0 Å². The first kappa shape index (κ1) is 14.6. The zero-order chi connectivity index (χ0) is 13.7. The SMILES string of the molecule is CCC(Br)C(=O)NCc1cccc([N+](=O)[O-])c1C. The second kappa shape index (κ2) is 6.49. The van der Waals surface area contributed by atoms with Crippen LogP contribution in [0.25, 0.3) is 0 Å². The minimum Gasteiger partial charge on any atom is -0.351 e. The number of amides is 1. The third-order valence-electron chi connectivity index (χ3n) is 2.71. The predicted molar refractivity (Wildman–Crippen MR) is 72.7 cm³/mol. The molecule has 1 aromatic rings. The lowest BCUT2D eigenvalue weighted by Crippen LogP contribution is -2.30. The third kappa shape index (κ3) is 3.53. The molecule has 0 aromatic heterocycles. The van der Waals surface area contributed by atoms with Gasteiger partial charge < -0.3 is 5.32 Å². The monoisotopic (exact) mass is 314 g/mol. The van der Waals surface area contributed by atoms with Crippen molar-refractivity contribution in [3.05, 3.63) is 39.4 Å². The topological polar surface area (TPSA) is 72.2 Å². The minimum absolute atomic E-state index is 0.0765. The summed E-state index contributed by atoms with van der Waals surface area (Å²) in [7, 11) is 0. The van der Waals surface area contributed by atoms with Gasteiger partial charge in [0, 0.05) is 18.2 Å². The van der Waals surface area contributed by atoms with Gasteiger partial charge >= 0.3 is 0 Å². The van der Waals surface area contributed by atoms with Gasteiger partial charge in [0.15, 0.2) is 0 Å². The van der Waals surface area contributed by atoms with Crippen LogP contribution in [0.1, 0.15) is 24.5 Å². The molecule has 0 aliphatic carbocycles. The molecule has 6 heteroatoms. The molecule has 1 rings (SSSR count). The molecule has 0 heterocycles. The second-order valence-electron chi connectivity index (χ2n) is 3.91. The van der Waals surface area contributed by atoms with Gasteiger partial charge in [0.2, 0.25) is 5.91 Å². The number of hydrogen-bond donors (Lipinski definition) is 1. The van der Waals surface area contributed by atoms with Crippen LogP contribution in [0.15, 0.2) is 18.2 Å². The summed E-state index contributed by atoms with van der Waals surface area (Å²) in [4.78, 5) is 21.7. The Bertz CT molecular complexity index is 463. The van der Waals surface area contributed by atoms with Crippen molar-refractivity contribution in [2.45, 2.75) is 31.6 Å². The number of nitrogens with one attached hydrogen (secondary N) is 1. The van der Waals surface area contributed by atoms with E-state index >= 15 is 0 Å². The fourth-order valence-electron chi connectivity index (χ4n) is 1.54. The van der Waals surface area contributed by atoms with E-state index in [1.807, 2.05) is 6.92 Å². The molecular formula is C12H15BrN2O3. The molecule has 1 unspecified atom stereocenters. The van der Waals surface area contributed by atoms with Crippen molar-refractivity contribution in [2.24, 2.45) is 0 Å². The maximum absolute atomic E-state index is 11.6. The minimum atomic E-state index is -0.417. The van der Waals surface area contributed by atoms with Crippen LogP contribution in [-0.4, -0.2) is 15.7 Å². The Balaban J connectivity index is 2.77. The Morgan fingerprint density at radius 3 is 2.78 bits per heavy atom. The summed E-state index contributed by atoms with van der Waals surface area (Å²) in [5, 5.41) is 13.5. The molecule has 0 saturated carbocycles. The van der Waals surface area contributed by atoms with Crippen molar-refractivity contribution in [3.8, 4) is 0 Å². The maximum atomic E-state index is 11.6. The van der Waals surface area contributed by atoms with Crippen molar-refractivity contribution in [1.29, 1.82) is 0 Å². The Morgan fingerprint density at radius 2 is 2.22 bits per heavy atom. The molecule has 0 aliphatic heterocycles. The standard InChI is InChI=1S/C12H15BrN2O3/c1-3-10(13)12(16)14-7-9-5-4-6-11(8(9)2)15(17)18/h4-6,10H,3,7H2,1-2H3,(H,14,16). The summed E-state index contributed by atoms with van der Waals surface area (Å²) in [5.41, 5.74) is 1.42. The van der Waals surface area contributed by atoms with Crippen LogP contribution in [0.5, 0.6) is 0 Å². The van der Waals surface area contributed by atoms with Crippen LogP contribution in [0.2, 0.25) is 0 Å². The molecule has 1 amide bonds. The molecular weight excluding hydrogens is 300 g/mol. The maximum Gasteiger partial charge on any atom is 0.272 e. The highest BCUT2D eigenvalue weighted by molar-refractivity contribution is 9.10. The number of nitro benzene ring substituents is 1. The number of halogens is 1. The number of hydrogen-bond acceptors (Lipinski definition) is 3. The smallest absolute Gasteiger partial charge is 0.272 e. The average molecular weight is 315 g/mol. The molecule has 1 N–H and O–H groups in total. The molecule has 0 bridgehead atoms. The normalized spacial score (nSPS) is 11.9. The van der Waals surface area contributed by atoms with E-state index in [9.17, 15) is 14.9 Å². The van der Waals surface area contributed by atoms with Gasteiger partial charge in [0.1, 0.15) is 0 Å². The highest BCUT2D eigenvalue weighted by Gasteiger charge is 2.15. The number of alkyl halides is 1. The number of rotatable bonds is 5. The lowest BCUT2D eigenvalue weighted by Gasteiger charge is -2.10. The quantitative estimate of drug-likeness (QED) is 0.516. The van der Waals surface area contributed by atoms with Crippen molar-refractivity contribution in [3.63, 3.8) is 0 Å². The molecule has 1 atom stereocenters. The molecule has 0 radical (unpaired) electrons. The highest BCUT2D eigenvalue weighted by atomic mass is 79.9. The Morgan fingerprint density at radius 1 is 1.56 bits per heavy atom. The number of nitrogens with zero attached hydrogens (tertiary/aromatic N) is 1. The zero-order valence-corrected chi connectivity index (χ0v) is 11.9. The number of carbonyl (C=O) groups is 1. The van der Waals surface area contributed by atoms with Crippen molar-refractivity contribution < 1.29 is 9.72 Å². The summed E-state index contributed by atoms with van der Waals surface area (Å²) in [6, 6.07) is 4.86. The van der Waals surface area contributed by atoms with Crippen molar-refractivity contribution >= 4 is 27.5 Å². The van der Waals surface area contributed by atoms with Crippen LogP contribution in [0.4, 0.5) is 5.69 Å². The molecule has 0 saturated heterocycles. The molecule has 18 heavy (non-hydrogen) atoms. The van der Waals surface area contributed by atoms with E-state index in [0.29, 0.717) is 18.5 Å². The van der Waals surface area contributed by atoms with Gasteiger partial charge in [0.25, 0.3) is 5.69 Å². The summed E-state index contributed by atoms with van der Waals surface area (Å²) in [6.07, 6.45) is 0.694. The molecule has 1 aromatic carbocycles. The van der Waals surface area contributed by atoms with Gasteiger partial charge in [-0.05, 0) is 18.9 Å². The highest BCUT2D eigenvalue weighted by Crippen LogP contribution is 2.20. The van der Waals surface area contributed by atoms with Crippen molar-refractivity contribution in [1.82, 2.24) is 5.32 Å². The lowest BCUT2D eigenvalue weighted by atomic mass is 10.1. The average Bonchev–Trinajstić information content (AvgIpc) is 2.35. The summed E-state index contributed by atoms with van der Waals surface area (Å²) >= 11 is 3.25. The van der Waals surface area contributed by atoms with Gasteiger partial charge in [0.05, 0.1) is 9.75 Å². The zero-order valence-electron chi connectivity index (χ0n) is 10.3. The Labute approximate surface area is 114 Å². The van der Waals surface area contributed by atoms with Gasteiger partial charge in [-0.25, -0.2) is 0 Å². The second-order valence-corrected chi connectivity index (χ2v) is 5.02. The van der Waals surface area contributed by atoms with E-state index in [0.717, 1.165) is 5.56 Å². The van der Waals surface area contributed by atoms with E-state index in [4.69, 9.17) is 0 Å². The molecule has 98 valence electrons. The first-order chi connectivity index (χ1) is 8.47. The van der Waals surface area contributed by atoms with Crippen LogP contribution in [0, 0.1) is 17.0 Å². The number of carbonyl (C=O) groups excluding carboxylic acids is 1. The van der Waals surface area contributed by atoms with Gasteiger partial charge in [-0.3, -0.25) is 14.9 Å². The van der Waals surface area contributed by atoms with Crippen LogP contribution >= 0.6 is 15.9 Å².